The Morgan fingerprint density at radius 3 is 2.83 bits per heavy atom. The van der Waals surface area contributed by atoms with Crippen molar-refractivity contribution >= 4 is 5.97 Å². The third-order valence-electron chi connectivity index (χ3n) is 4.38. The van der Waals surface area contributed by atoms with Crippen LogP contribution in [-0.2, 0) is 15.9 Å². The van der Waals surface area contributed by atoms with Crippen molar-refractivity contribution in [3.63, 3.8) is 0 Å². The Morgan fingerprint density at radius 1 is 1.40 bits per heavy atom. The number of nitrogens with two attached hydrogens (primary N) is 1. The predicted molar refractivity (Wildman–Crippen MR) is 118 cm³/mol. The third-order valence-corrected chi connectivity index (χ3v) is 4.38. The largest absolute Gasteiger partial charge is 0.493 e. The van der Waals surface area contributed by atoms with Gasteiger partial charge >= 0.3 is 5.97 Å². The number of rotatable bonds is 7. The zero-order valence-corrected chi connectivity index (χ0v) is 16.7. The number of fused-ring (bicyclic) bond motifs is 3. The lowest BCUT2D eigenvalue weighted by Crippen LogP contribution is -2.51. The van der Waals surface area contributed by atoms with E-state index in [1.165, 1.54) is 13.8 Å². The number of hydrogen-bond donors (Lipinski definition) is 1. The lowest BCUT2D eigenvalue weighted by molar-refractivity contribution is -0.160. The summed E-state index contributed by atoms with van der Waals surface area (Å²) in [5, 5.41) is 0. The van der Waals surface area contributed by atoms with Crippen LogP contribution in [0.4, 0.5) is 0 Å². The summed E-state index contributed by atoms with van der Waals surface area (Å²) in [5.74, 6) is -12.0. The zero-order chi connectivity index (χ0) is 40.4. The average molecular weight is 440 g/mol. The van der Waals surface area contributed by atoms with Gasteiger partial charge in [-0.2, -0.15) is 0 Å². The topological polar surface area (TPSA) is 74.0 Å². The Bertz CT molecular complexity index is 1520. The fraction of sp³-hybridized carbons (Fsp3) is 0.708. The first kappa shape index (κ1) is 7.96. The van der Waals surface area contributed by atoms with E-state index >= 15 is 0 Å². The van der Waals surface area contributed by atoms with E-state index in [9.17, 15) is 13.0 Å². The maximum Gasteiger partial charge on any atom is 0.323 e. The molecule has 168 valence electrons. The molecule has 1 saturated heterocycles. The summed E-state index contributed by atoms with van der Waals surface area (Å²) in [6, 6.07) is -6.48. The molecule has 0 radical (unpaired) electrons. The second-order valence-corrected chi connectivity index (χ2v) is 7.02. The molecule has 0 saturated carbocycles. The zero-order valence-electron chi connectivity index (χ0n) is 37.7. The van der Waals surface area contributed by atoms with Crippen LogP contribution in [0.5, 0.6) is 11.5 Å². The molecule has 3 unspecified atom stereocenters. The summed E-state index contributed by atoms with van der Waals surface area (Å²) in [6.45, 7) is -12.8. The van der Waals surface area contributed by atoms with Crippen LogP contribution in [-0.4, -0.2) is 50.1 Å². The lowest BCUT2D eigenvalue weighted by Gasteiger charge is -2.47. The number of carbonyl (C=O) groups is 1. The normalized spacial score (nSPS) is 49.5. The fourth-order valence-electron chi connectivity index (χ4n) is 3.00. The first-order chi connectivity index (χ1) is 22.3. The molecule has 0 bridgehead atoms. The molecule has 30 heavy (non-hydrogen) atoms. The number of carbonyl (C=O) groups excluding carboxylic acids is 1. The van der Waals surface area contributed by atoms with Gasteiger partial charge < -0.3 is 19.9 Å². The molecule has 0 aromatic heterocycles. The van der Waals surface area contributed by atoms with E-state index in [0.29, 0.717) is 12.1 Å². The maximum absolute atomic E-state index is 13.7. The first-order valence-corrected chi connectivity index (χ1v) is 9.02. The predicted octanol–water partition coefficient (Wildman–Crippen LogP) is 3.56. The number of methoxy groups -OCH3 is 2. The van der Waals surface area contributed by atoms with Crippen LogP contribution in [0.1, 0.15) is 86.3 Å². The van der Waals surface area contributed by atoms with Gasteiger partial charge in [-0.05, 0) is 47.9 Å². The number of hydrogen-bond acceptors (Lipinski definition) is 6. The average Bonchev–Trinajstić information content (AvgIpc) is 2.90. The van der Waals surface area contributed by atoms with Gasteiger partial charge in [-0.3, -0.25) is 9.69 Å². The second-order valence-electron chi connectivity index (χ2n) is 7.02. The number of piperidine rings is 1. The van der Waals surface area contributed by atoms with Crippen LogP contribution in [0.25, 0.3) is 0 Å². The van der Waals surface area contributed by atoms with Crippen LogP contribution >= 0.6 is 0 Å². The van der Waals surface area contributed by atoms with Gasteiger partial charge in [0, 0.05) is 53.2 Å². The van der Waals surface area contributed by atoms with Crippen molar-refractivity contribution in [1.29, 1.82) is 0 Å². The molecule has 6 nitrogen and oxygen atoms in total. The van der Waals surface area contributed by atoms with E-state index in [4.69, 9.17) is 40.5 Å². The Hall–Kier alpha value is -1.79. The van der Waals surface area contributed by atoms with E-state index in [0.717, 1.165) is 7.11 Å². The Kier molecular flexibility index (Phi) is 2.54. The van der Waals surface area contributed by atoms with Gasteiger partial charge in [-0.15, -0.1) is 0 Å². The minimum Gasteiger partial charge on any atom is -0.493 e. The number of benzene rings is 1. The van der Waals surface area contributed by atoms with Gasteiger partial charge in [0.25, 0.3) is 0 Å². The standard InChI is InChI=1S/C24H38N2O4/c1-14(2)9-17-13-26-8-7-16-10-21(28-5)22(29-6)11-18(16)19(26)12-20(17)30-24(27)23(25)15(3)4/h10-11,14-15,17,19-20,23H,7-9,12-13,25H2,1-6H3/t17?,19?,20?,23-/m0/s1/i3D3,4D3,6D3,7D2,8D2,12D2,13D2,15D,17D,19D,23D. The van der Waals surface area contributed by atoms with Crippen molar-refractivity contribution in [2.75, 3.05) is 27.1 Å². The molecule has 2 heterocycles. The lowest BCUT2D eigenvalue weighted by atomic mass is 9.79. The molecule has 2 N–H and O–H groups in total. The highest BCUT2D eigenvalue weighted by Crippen LogP contribution is 2.44. The molecule has 4 atom stereocenters. The summed E-state index contributed by atoms with van der Waals surface area (Å²) < 4.78 is 192. The maximum atomic E-state index is 13.7. The molecule has 1 fully saturated rings. The first-order valence-electron chi connectivity index (χ1n) is 19.5. The molecule has 1 aromatic carbocycles. The summed E-state index contributed by atoms with van der Waals surface area (Å²) in [7, 11) is -2.24. The van der Waals surface area contributed by atoms with Crippen LogP contribution in [0.15, 0.2) is 12.1 Å². The summed E-state index contributed by atoms with van der Waals surface area (Å²) in [4.78, 5) is 13.5. The Morgan fingerprint density at radius 2 is 2.17 bits per heavy atom. The number of nitrogens with zero attached hydrogens (tertiary/aromatic N) is 1. The highest BCUT2D eigenvalue weighted by Gasteiger charge is 2.41. The smallest absolute Gasteiger partial charge is 0.323 e. The van der Waals surface area contributed by atoms with Gasteiger partial charge in [0.05, 0.1) is 21.0 Å². The van der Waals surface area contributed by atoms with E-state index in [1.807, 2.05) is 0 Å². The minimum atomic E-state index is -4.18. The highest BCUT2D eigenvalue weighted by atomic mass is 16.5. The monoisotopic (exact) mass is 439 g/mol. The molecule has 2 aliphatic rings. The summed E-state index contributed by atoms with van der Waals surface area (Å²) in [5.41, 5.74) is 3.81. The van der Waals surface area contributed by atoms with Crippen LogP contribution in [0.2, 0.25) is 0 Å². The summed E-state index contributed by atoms with van der Waals surface area (Å²) in [6.07, 6.45) is -11.1. The molecule has 2 aliphatic heterocycles. The molecule has 3 rings (SSSR count). The van der Waals surface area contributed by atoms with Crippen molar-refractivity contribution in [2.45, 2.75) is 64.9 Å². The molecule has 1 aromatic rings. The van der Waals surface area contributed by atoms with Crippen LogP contribution in [0, 0.1) is 17.7 Å². The van der Waals surface area contributed by atoms with E-state index in [2.05, 4.69) is 0 Å². The Balaban J connectivity index is 2.53. The van der Waals surface area contributed by atoms with Crippen molar-refractivity contribution in [3.8, 4) is 11.5 Å². The van der Waals surface area contributed by atoms with Crippen molar-refractivity contribution in [3.05, 3.63) is 23.3 Å². The minimum absolute atomic E-state index is 0.212. The van der Waals surface area contributed by atoms with Gasteiger partial charge in [0.15, 0.2) is 11.5 Å². The van der Waals surface area contributed by atoms with E-state index in [1.54, 1.807) is 0 Å². The number of esters is 1. The SMILES string of the molecule is [2H]C([2H])([2H])Oc1cc2c(cc1OC)C([2H])([2H])C([2H])([2H])N1C([2H])([2H])C([2H])(CC(C)C)C(OC(=O)[C@@]([2H])(N)C([2H])(C([2H])([2H])[2H])C([2H])([2H])[2H])C([2H])([2H])C21[2H]. The quantitative estimate of drug-likeness (QED) is 0.655. The molecular weight excluding hydrogens is 380 g/mol. The second kappa shape index (κ2) is 9.56. The molecular formula is C24H38N2O4. The molecule has 0 aliphatic carbocycles. The third kappa shape index (κ3) is 4.75. The van der Waals surface area contributed by atoms with Crippen molar-refractivity contribution in [1.82, 2.24) is 4.90 Å². The van der Waals surface area contributed by atoms with Gasteiger partial charge in [0.1, 0.15) is 12.1 Å². The molecule has 0 amide bonds. The summed E-state index contributed by atoms with van der Waals surface area (Å²) >= 11 is 0. The van der Waals surface area contributed by atoms with Gasteiger partial charge in [0.2, 0.25) is 0 Å². The number of aryl methyl sites for hydroxylation is 1. The van der Waals surface area contributed by atoms with E-state index < -0.39 is 117 Å². The molecule has 6 heteroatoms. The highest BCUT2D eigenvalue weighted by molar-refractivity contribution is 5.76. The number of ether oxygens (including phenoxy) is 3. The van der Waals surface area contributed by atoms with Crippen LogP contribution in [0.3, 0.4) is 0 Å². The van der Waals surface area contributed by atoms with Crippen molar-refractivity contribution < 1.29 is 47.8 Å². The fourth-order valence-corrected chi connectivity index (χ4v) is 3.00. The Labute approximate surface area is 210 Å². The van der Waals surface area contributed by atoms with E-state index in [-0.39, 0.29) is 4.90 Å². The van der Waals surface area contributed by atoms with Gasteiger partial charge in [-0.25, -0.2) is 0 Å². The molecule has 0 spiro atoms. The van der Waals surface area contributed by atoms with Gasteiger partial charge in [-0.1, -0.05) is 27.6 Å². The van der Waals surface area contributed by atoms with Crippen molar-refractivity contribution in [2.24, 2.45) is 23.4 Å². The van der Waals surface area contributed by atoms with Crippen LogP contribution < -0.4 is 15.2 Å².